The zero-order valence-corrected chi connectivity index (χ0v) is 18.4. The standard InChI is InChI=1S/C27H21N3O5/c31-18-8-6-16(7-9-18)25-26-20(19-3-1-2-4-21(19)30-26)13-17(29-25)14-28-24(34)10-5-15-11-22(32)27(35)23(33)12-15/h1-13,30-33,35H,14H2,(H,28,34)/b10-5+. The molecular weight excluding hydrogens is 446 g/mol. The quantitative estimate of drug-likeness (QED) is 0.166. The van der Waals surface area contributed by atoms with Gasteiger partial charge in [0.2, 0.25) is 5.91 Å². The second-order valence-electron chi connectivity index (χ2n) is 8.06. The summed E-state index contributed by atoms with van der Waals surface area (Å²) in [6, 6.07) is 19.1. The first kappa shape index (κ1) is 21.8. The van der Waals surface area contributed by atoms with Gasteiger partial charge in [-0.2, -0.15) is 0 Å². The van der Waals surface area contributed by atoms with Gasteiger partial charge in [0.05, 0.1) is 23.4 Å². The molecule has 0 unspecified atom stereocenters. The lowest BCUT2D eigenvalue weighted by Gasteiger charge is -2.08. The molecule has 8 heteroatoms. The van der Waals surface area contributed by atoms with E-state index in [1.807, 2.05) is 30.3 Å². The van der Waals surface area contributed by atoms with Crippen molar-refractivity contribution in [2.75, 3.05) is 0 Å². The molecule has 0 atom stereocenters. The average molecular weight is 467 g/mol. The van der Waals surface area contributed by atoms with Gasteiger partial charge < -0.3 is 30.7 Å². The number of hydrogen-bond acceptors (Lipinski definition) is 6. The van der Waals surface area contributed by atoms with Crippen molar-refractivity contribution in [1.29, 1.82) is 0 Å². The molecule has 1 amide bonds. The number of carbonyl (C=O) groups excluding carboxylic acids is 1. The van der Waals surface area contributed by atoms with E-state index < -0.39 is 23.2 Å². The van der Waals surface area contributed by atoms with Crippen LogP contribution in [0.2, 0.25) is 0 Å². The van der Waals surface area contributed by atoms with Crippen molar-refractivity contribution in [2.24, 2.45) is 0 Å². The van der Waals surface area contributed by atoms with Gasteiger partial charge in [0.1, 0.15) is 5.75 Å². The van der Waals surface area contributed by atoms with E-state index in [9.17, 15) is 25.2 Å². The molecule has 0 aliphatic heterocycles. The number of benzene rings is 3. The number of amides is 1. The van der Waals surface area contributed by atoms with Crippen molar-refractivity contribution in [3.8, 4) is 34.3 Å². The molecule has 3 aromatic carbocycles. The topological polar surface area (TPSA) is 139 Å². The molecule has 5 rings (SSSR count). The van der Waals surface area contributed by atoms with E-state index in [0.29, 0.717) is 17.0 Å². The molecule has 2 aromatic heterocycles. The third kappa shape index (κ3) is 4.32. The zero-order chi connectivity index (χ0) is 24.5. The highest BCUT2D eigenvalue weighted by Gasteiger charge is 2.14. The van der Waals surface area contributed by atoms with Crippen LogP contribution in [0.4, 0.5) is 0 Å². The van der Waals surface area contributed by atoms with Crippen LogP contribution in [-0.2, 0) is 11.3 Å². The van der Waals surface area contributed by atoms with E-state index in [1.165, 1.54) is 24.3 Å². The van der Waals surface area contributed by atoms with Crippen molar-refractivity contribution >= 4 is 33.8 Å². The number of H-pyrrole nitrogens is 1. The van der Waals surface area contributed by atoms with E-state index in [2.05, 4.69) is 10.3 Å². The fourth-order valence-electron chi connectivity index (χ4n) is 3.95. The normalized spacial score (nSPS) is 11.4. The van der Waals surface area contributed by atoms with Crippen molar-refractivity contribution in [3.05, 3.63) is 84.1 Å². The van der Waals surface area contributed by atoms with Crippen LogP contribution < -0.4 is 5.32 Å². The van der Waals surface area contributed by atoms with Crippen LogP contribution in [-0.4, -0.2) is 36.3 Å². The third-order valence-corrected chi connectivity index (χ3v) is 5.65. The second kappa shape index (κ2) is 8.75. The Hall–Kier alpha value is -4.98. The van der Waals surface area contributed by atoms with Crippen molar-refractivity contribution in [3.63, 3.8) is 0 Å². The number of nitrogens with zero attached hydrogens (tertiary/aromatic N) is 1. The van der Waals surface area contributed by atoms with Crippen molar-refractivity contribution in [1.82, 2.24) is 15.3 Å². The number of carbonyl (C=O) groups is 1. The first-order valence-electron chi connectivity index (χ1n) is 10.8. The molecule has 0 aliphatic rings. The number of phenols is 4. The van der Waals surface area contributed by atoms with Gasteiger partial charge in [-0.15, -0.1) is 0 Å². The fraction of sp³-hybridized carbons (Fsp3) is 0.0370. The average Bonchev–Trinajstić information content (AvgIpc) is 3.23. The highest BCUT2D eigenvalue weighted by atomic mass is 16.3. The van der Waals surface area contributed by atoms with Crippen molar-refractivity contribution < 1.29 is 25.2 Å². The SMILES string of the molecule is O=C(/C=C/c1cc(O)c(O)c(O)c1)NCc1cc2c([nH]c3ccccc32)c(-c2ccc(O)cc2)n1. The Balaban J connectivity index is 1.44. The van der Waals surface area contributed by atoms with Gasteiger partial charge in [-0.1, -0.05) is 18.2 Å². The van der Waals surface area contributed by atoms with Gasteiger partial charge in [0, 0.05) is 27.9 Å². The monoisotopic (exact) mass is 467 g/mol. The van der Waals surface area contributed by atoms with Crippen LogP contribution >= 0.6 is 0 Å². The van der Waals surface area contributed by atoms with Crippen LogP contribution in [0.3, 0.4) is 0 Å². The lowest BCUT2D eigenvalue weighted by molar-refractivity contribution is -0.116. The van der Waals surface area contributed by atoms with E-state index >= 15 is 0 Å². The predicted molar refractivity (Wildman–Crippen MR) is 133 cm³/mol. The molecule has 0 fully saturated rings. The summed E-state index contributed by atoms with van der Waals surface area (Å²) in [5.41, 5.74) is 4.34. The molecule has 0 bridgehead atoms. The van der Waals surface area contributed by atoms with Gasteiger partial charge in [0.25, 0.3) is 0 Å². The van der Waals surface area contributed by atoms with Crippen LogP contribution in [0.15, 0.2) is 72.8 Å². The molecule has 0 aliphatic carbocycles. The first-order chi connectivity index (χ1) is 16.9. The van der Waals surface area contributed by atoms with Crippen LogP contribution in [0.5, 0.6) is 23.0 Å². The minimum atomic E-state index is -0.616. The van der Waals surface area contributed by atoms with Gasteiger partial charge in [-0.05, 0) is 60.2 Å². The number of aromatic hydroxyl groups is 4. The molecule has 6 N–H and O–H groups in total. The highest BCUT2D eigenvalue weighted by Crippen LogP contribution is 2.36. The summed E-state index contributed by atoms with van der Waals surface area (Å²) in [6.45, 7) is 0.162. The minimum absolute atomic E-state index is 0.159. The van der Waals surface area contributed by atoms with Gasteiger partial charge in [-0.3, -0.25) is 4.79 Å². The van der Waals surface area contributed by atoms with Gasteiger partial charge >= 0.3 is 0 Å². The zero-order valence-electron chi connectivity index (χ0n) is 18.4. The second-order valence-corrected chi connectivity index (χ2v) is 8.06. The number of para-hydroxylation sites is 1. The van der Waals surface area contributed by atoms with Crippen molar-refractivity contribution in [2.45, 2.75) is 6.54 Å². The molecule has 0 saturated carbocycles. The number of hydrogen-bond donors (Lipinski definition) is 6. The number of aromatic amines is 1. The number of aromatic nitrogens is 2. The summed E-state index contributed by atoms with van der Waals surface area (Å²) in [5, 5.41) is 43.1. The minimum Gasteiger partial charge on any atom is -0.508 e. The van der Waals surface area contributed by atoms with Gasteiger partial charge in [0.15, 0.2) is 17.2 Å². The summed E-state index contributed by atoms with van der Waals surface area (Å²) in [4.78, 5) is 20.6. The first-order valence-corrected chi connectivity index (χ1v) is 10.8. The Labute approximate surface area is 199 Å². The maximum absolute atomic E-state index is 12.4. The molecule has 5 aromatic rings. The largest absolute Gasteiger partial charge is 0.508 e. The van der Waals surface area contributed by atoms with E-state index in [-0.39, 0.29) is 12.3 Å². The van der Waals surface area contributed by atoms with E-state index in [1.54, 1.807) is 24.3 Å². The number of rotatable bonds is 5. The molecule has 174 valence electrons. The Morgan fingerprint density at radius 3 is 2.37 bits per heavy atom. The summed E-state index contributed by atoms with van der Waals surface area (Å²) < 4.78 is 0. The van der Waals surface area contributed by atoms with Gasteiger partial charge in [-0.25, -0.2) is 4.98 Å². The molecular formula is C27H21N3O5. The summed E-state index contributed by atoms with van der Waals surface area (Å²) in [5.74, 6) is -1.82. The molecule has 35 heavy (non-hydrogen) atoms. The van der Waals surface area contributed by atoms with Crippen LogP contribution in [0.25, 0.3) is 39.1 Å². The number of pyridine rings is 1. The fourth-order valence-corrected chi connectivity index (χ4v) is 3.95. The Morgan fingerprint density at radius 1 is 0.914 bits per heavy atom. The molecule has 0 saturated heterocycles. The third-order valence-electron chi connectivity index (χ3n) is 5.65. The van der Waals surface area contributed by atoms with Crippen LogP contribution in [0.1, 0.15) is 11.3 Å². The Morgan fingerprint density at radius 2 is 1.63 bits per heavy atom. The molecule has 0 radical (unpaired) electrons. The highest BCUT2D eigenvalue weighted by molar-refractivity contribution is 6.11. The summed E-state index contributed by atoms with van der Waals surface area (Å²) in [7, 11) is 0. The van der Waals surface area contributed by atoms with E-state index in [4.69, 9.17) is 4.98 Å². The lowest BCUT2D eigenvalue weighted by Crippen LogP contribution is -2.21. The smallest absolute Gasteiger partial charge is 0.244 e. The maximum atomic E-state index is 12.4. The predicted octanol–water partition coefficient (Wildman–Crippen LogP) is 4.54. The number of phenolic OH excluding ortho intramolecular Hbond substituents is 4. The molecule has 2 heterocycles. The summed E-state index contributed by atoms with van der Waals surface area (Å²) >= 11 is 0. The number of nitrogens with one attached hydrogen (secondary N) is 2. The summed E-state index contributed by atoms with van der Waals surface area (Å²) in [6.07, 6.45) is 2.67. The Kier molecular flexibility index (Phi) is 5.46. The Bertz CT molecular complexity index is 1580. The lowest BCUT2D eigenvalue weighted by atomic mass is 10.1. The maximum Gasteiger partial charge on any atom is 0.244 e. The molecule has 0 spiro atoms. The number of fused-ring (bicyclic) bond motifs is 3. The van der Waals surface area contributed by atoms with E-state index in [0.717, 1.165) is 27.4 Å². The van der Waals surface area contributed by atoms with Crippen LogP contribution in [0, 0.1) is 0 Å². The molecule has 8 nitrogen and oxygen atoms in total.